The van der Waals surface area contributed by atoms with E-state index in [4.69, 9.17) is 0 Å². The molecule has 0 unspecified atom stereocenters. The Bertz CT molecular complexity index is 760. The Kier molecular flexibility index (Phi) is 1.62. The molecule has 16 heavy (non-hydrogen) atoms. The van der Waals surface area contributed by atoms with Gasteiger partial charge < -0.3 is 9.97 Å². The van der Waals surface area contributed by atoms with Crippen molar-refractivity contribution >= 4 is 21.9 Å². The van der Waals surface area contributed by atoms with Gasteiger partial charge in [0.1, 0.15) is 22.7 Å². The molecule has 0 saturated heterocycles. The Balaban J connectivity index is 2.67. The molecule has 3 aromatic rings. The number of aromatic amines is 2. The van der Waals surface area contributed by atoms with E-state index in [-0.39, 0.29) is 21.9 Å². The minimum atomic E-state index is -0.737. The van der Waals surface area contributed by atoms with Gasteiger partial charge in [-0.05, 0) is 6.07 Å². The number of aromatic nitrogens is 3. The second kappa shape index (κ2) is 2.88. The van der Waals surface area contributed by atoms with Crippen LogP contribution in [-0.2, 0) is 0 Å². The molecule has 2 N–H and O–H groups in total. The van der Waals surface area contributed by atoms with Crippen molar-refractivity contribution in [1.82, 2.24) is 15.0 Å². The summed E-state index contributed by atoms with van der Waals surface area (Å²) in [4.78, 5) is 20.3. The number of fused-ring (bicyclic) bond motifs is 3. The zero-order valence-electron chi connectivity index (χ0n) is 7.84. The monoisotopic (exact) mass is 221 g/mol. The van der Waals surface area contributed by atoms with E-state index < -0.39 is 17.2 Å². The average Bonchev–Trinajstić information content (AvgIpc) is 2.57. The number of hydrogen-bond acceptors (Lipinski definition) is 2. The third kappa shape index (κ3) is 1.06. The Morgan fingerprint density at radius 3 is 2.88 bits per heavy atom. The Morgan fingerprint density at radius 2 is 2.06 bits per heavy atom. The third-order valence-corrected chi connectivity index (χ3v) is 2.40. The van der Waals surface area contributed by atoms with E-state index >= 15 is 0 Å². The van der Waals surface area contributed by atoms with Crippen LogP contribution in [0.25, 0.3) is 21.9 Å². The molecule has 6 heteroatoms. The van der Waals surface area contributed by atoms with Crippen LogP contribution >= 0.6 is 0 Å². The van der Waals surface area contributed by atoms with Crippen LogP contribution in [0.3, 0.4) is 0 Å². The lowest BCUT2D eigenvalue weighted by molar-refractivity contribution is 0.592. The first-order valence-electron chi connectivity index (χ1n) is 4.51. The maximum atomic E-state index is 13.5. The van der Waals surface area contributed by atoms with Gasteiger partial charge in [-0.2, -0.15) is 0 Å². The lowest BCUT2D eigenvalue weighted by Crippen LogP contribution is -2.05. The molecule has 0 aliphatic carbocycles. The molecule has 0 aliphatic heterocycles. The zero-order chi connectivity index (χ0) is 11.3. The molecule has 4 nitrogen and oxygen atoms in total. The molecular formula is C10H5F2N3O. The number of nitrogens with zero attached hydrogens (tertiary/aromatic N) is 1. The summed E-state index contributed by atoms with van der Waals surface area (Å²) in [7, 11) is 0. The summed E-state index contributed by atoms with van der Waals surface area (Å²) in [5.74, 6) is -1.44. The van der Waals surface area contributed by atoms with Gasteiger partial charge >= 0.3 is 0 Å². The van der Waals surface area contributed by atoms with Crippen LogP contribution in [-0.4, -0.2) is 15.0 Å². The van der Waals surface area contributed by atoms with Crippen molar-refractivity contribution in [3.8, 4) is 0 Å². The second-order valence-electron chi connectivity index (χ2n) is 3.39. The van der Waals surface area contributed by atoms with E-state index in [1.807, 2.05) is 0 Å². The van der Waals surface area contributed by atoms with Crippen LogP contribution < -0.4 is 5.56 Å². The fraction of sp³-hybridized carbons (Fsp3) is 0. The summed E-state index contributed by atoms with van der Waals surface area (Å²) in [6.07, 6.45) is 1.18. The van der Waals surface area contributed by atoms with E-state index in [9.17, 15) is 13.6 Å². The first-order valence-corrected chi connectivity index (χ1v) is 4.51. The van der Waals surface area contributed by atoms with E-state index in [1.165, 1.54) is 6.33 Å². The summed E-state index contributed by atoms with van der Waals surface area (Å²) in [5.41, 5.74) is 0.149. The molecule has 2 aromatic heterocycles. The van der Waals surface area contributed by atoms with Crippen LogP contribution in [0.5, 0.6) is 0 Å². The highest BCUT2D eigenvalue weighted by Gasteiger charge is 2.13. The van der Waals surface area contributed by atoms with Gasteiger partial charge in [-0.3, -0.25) is 4.79 Å². The lowest BCUT2D eigenvalue weighted by Gasteiger charge is -1.93. The quantitative estimate of drug-likeness (QED) is 0.606. The van der Waals surface area contributed by atoms with Crippen molar-refractivity contribution in [2.24, 2.45) is 0 Å². The molecular weight excluding hydrogens is 216 g/mol. The molecule has 0 saturated carbocycles. The fourth-order valence-corrected chi connectivity index (χ4v) is 1.75. The largest absolute Gasteiger partial charge is 0.348 e. The number of nitrogens with one attached hydrogen (secondary N) is 2. The highest BCUT2D eigenvalue weighted by atomic mass is 19.1. The fourth-order valence-electron chi connectivity index (χ4n) is 1.75. The minimum Gasteiger partial charge on any atom is -0.348 e. The van der Waals surface area contributed by atoms with Gasteiger partial charge in [0.2, 0.25) is 0 Å². The molecule has 2 heterocycles. The molecule has 0 fully saturated rings. The minimum absolute atomic E-state index is 0.127. The number of benzene rings is 1. The molecule has 0 bridgehead atoms. The maximum absolute atomic E-state index is 13.5. The molecule has 0 radical (unpaired) electrons. The third-order valence-electron chi connectivity index (χ3n) is 2.40. The highest BCUT2D eigenvalue weighted by Crippen LogP contribution is 2.24. The molecule has 3 rings (SSSR count). The van der Waals surface area contributed by atoms with Gasteiger partial charge in [-0.25, -0.2) is 13.8 Å². The van der Waals surface area contributed by atoms with Crippen LogP contribution in [0.1, 0.15) is 0 Å². The molecule has 0 aliphatic rings. The number of halogens is 2. The van der Waals surface area contributed by atoms with Crippen LogP contribution in [0.2, 0.25) is 0 Å². The van der Waals surface area contributed by atoms with Crippen molar-refractivity contribution < 1.29 is 8.78 Å². The first-order chi connectivity index (χ1) is 7.66. The molecule has 1 aromatic carbocycles. The number of hydrogen-bond donors (Lipinski definition) is 2. The topological polar surface area (TPSA) is 61.5 Å². The van der Waals surface area contributed by atoms with Crippen molar-refractivity contribution in [2.75, 3.05) is 0 Å². The summed E-state index contributed by atoms with van der Waals surface area (Å²) >= 11 is 0. The number of rotatable bonds is 0. The predicted molar refractivity (Wildman–Crippen MR) is 54.1 cm³/mol. The normalized spacial score (nSPS) is 11.4. The zero-order valence-corrected chi connectivity index (χ0v) is 7.84. The van der Waals surface area contributed by atoms with Crippen molar-refractivity contribution in [3.05, 3.63) is 40.4 Å². The van der Waals surface area contributed by atoms with Crippen LogP contribution in [0.4, 0.5) is 8.78 Å². The molecule has 80 valence electrons. The summed E-state index contributed by atoms with van der Waals surface area (Å²) in [6.45, 7) is 0. The Morgan fingerprint density at radius 1 is 1.25 bits per heavy atom. The van der Waals surface area contributed by atoms with Gasteiger partial charge in [-0.1, -0.05) is 0 Å². The van der Waals surface area contributed by atoms with Gasteiger partial charge in [-0.15, -0.1) is 0 Å². The first kappa shape index (κ1) is 9.02. The van der Waals surface area contributed by atoms with Gasteiger partial charge in [0.15, 0.2) is 0 Å². The van der Waals surface area contributed by atoms with Crippen LogP contribution in [0.15, 0.2) is 23.3 Å². The standard InChI is InChI=1S/C10H5F2N3O/c11-4-1-5(12)7-6(2-4)15-9-8(7)13-3-14-10(9)16/h1-3,15H,(H,13,14,16). The van der Waals surface area contributed by atoms with Crippen LogP contribution in [0, 0.1) is 11.6 Å². The Hall–Kier alpha value is -2.24. The molecule has 0 atom stereocenters. The van der Waals surface area contributed by atoms with Crippen molar-refractivity contribution in [1.29, 1.82) is 0 Å². The van der Waals surface area contributed by atoms with Gasteiger partial charge in [0, 0.05) is 6.07 Å². The van der Waals surface area contributed by atoms with Crippen molar-refractivity contribution in [3.63, 3.8) is 0 Å². The van der Waals surface area contributed by atoms with E-state index in [0.717, 1.165) is 12.1 Å². The predicted octanol–water partition coefficient (Wildman–Crippen LogP) is 1.68. The summed E-state index contributed by atoms with van der Waals surface area (Å²) in [6, 6.07) is 1.89. The molecule has 0 spiro atoms. The number of H-pyrrole nitrogens is 2. The van der Waals surface area contributed by atoms with Gasteiger partial charge in [0.25, 0.3) is 5.56 Å². The Labute approximate surface area is 86.9 Å². The maximum Gasteiger partial charge on any atom is 0.275 e. The summed E-state index contributed by atoms with van der Waals surface area (Å²) < 4.78 is 26.5. The lowest BCUT2D eigenvalue weighted by atomic mass is 10.2. The van der Waals surface area contributed by atoms with E-state index in [0.29, 0.717) is 0 Å². The van der Waals surface area contributed by atoms with Crippen molar-refractivity contribution in [2.45, 2.75) is 0 Å². The summed E-state index contributed by atoms with van der Waals surface area (Å²) in [5, 5.41) is 0.127. The average molecular weight is 221 g/mol. The SMILES string of the molecule is O=c1[nH]cnc2c1[nH]c1cc(F)cc(F)c12. The van der Waals surface area contributed by atoms with Gasteiger partial charge in [0.05, 0.1) is 17.2 Å². The highest BCUT2D eigenvalue weighted by molar-refractivity contribution is 6.04. The van der Waals surface area contributed by atoms with E-state index in [1.54, 1.807) is 0 Å². The second-order valence-corrected chi connectivity index (χ2v) is 3.39. The molecule has 0 amide bonds. The smallest absolute Gasteiger partial charge is 0.275 e. The van der Waals surface area contributed by atoms with E-state index in [2.05, 4.69) is 15.0 Å².